The summed E-state index contributed by atoms with van der Waals surface area (Å²) in [5, 5.41) is 13.5. The molecule has 0 aliphatic carbocycles. The summed E-state index contributed by atoms with van der Waals surface area (Å²) in [7, 11) is 0. The van der Waals surface area contributed by atoms with Crippen molar-refractivity contribution in [2.45, 2.75) is 38.8 Å². The average molecular weight is 366 g/mol. The Hall–Kier alpha value is -2.52. The lowest BCUT2D eigenvalue weighted by Crippen LogP contribution is -2.37. The monoisotopic (exact) mass is 366 g/mol. The van der Waals surface area contributed by atoms with Gasteiger partial charge in [0, 0.05) is 6.04 Å². The minimum Gasteiger partial charge on any atom is -0.353 e. The molecule has 3 aromatic rings. The van der Waals surface area contributed by atoms with E-state index in [2.05, 4.69) is 30.2 Å². The predicted octanol–water partition coefficient (Wildman–Crippen LogP) is 3.92. The second-order valence-corrected chi connectivity index (χ2v) is 7.80. The standard InChI is InChI=1S/C20H22N4OS/c1-12(2)14(4)22-18(25)11-26-19-9-13(3)15(10-21)20-23-16-7-5-6-8-17(16)24(19)20/h5-9,12,14H,11H2,1-4H3,(H,22,25). The zero-order valence-electron chi connectivity index (χ0n) is 15.4. The van der Waals surface area contributed by atoms with Crippen molar-refractivity contribution in [2.75, 3.05) is 5.75 Å². The molecule has 1 unspecified atom stereocenters. The number of carbonyl (C=O) groups excluding carboxylic acids is 1. The van der Waals surface area contributed by atoms with Gasteiger partial charge in [0.05, 0.1) is 27.4 Å². The zero-order chi connectivity index (χ0) is 18.8. The highest BCUT2D eigenvalue weighted by atomic mass is 32.2. The van der Waals surface area contributed by atoms with Crippen LogP contribution in [0.2, 0.25) is 0 Å². The summed E-state index contributed by atoms with van der Waals surface area (Å²) in [5.74, 6) is 0.727. The number of pyridine rings is 1. The largest absolute Gasteiger partial charge is 0.353 e. The molecule has 1 atom stereocenters. The average Bonchev–Trinajstić information content (AvgIpc) is 2.98. The van der Waals surface area contributed by atoms with Gasteiger partial charge in [0.2, 0.25) is 5.91 Å². The molecule has 0 spiro atoms. The molecule has 2 heterocycles. The number of nitrogens with zero attached hydrogens (tertiary/aromatic N) is 3. The summed E-state index contributed by atoms with van der Waals surface area (Å²) >= 11 is 1.47. The Labute approximate surface area is 157 Å². The van der Waals surface area contributed by atoms with Crippen molar-refractivity contribution in [1.29, 1.82) is 5.26 Å². The van der Waals surface area contributed by atoms with E-state index in [9.17, 15) is 10.1 Å². The van der Waals surface area contributed by atoms with Crippen LogP contribution in [0.15, 0.2) is 35.4 Å². The molecule has 6 heteroatoms. The first kappa shape index (κ1) is 18.3. The smallest absolute Gasteiger partial charge is 0.230 e. The van der Waals surface area contributed by atoms with Crippen LogP contribution in [0.5, 0.6) is 0 Å². The van der Waals surface area contributed by atoms with Crippen molar-refractivity contribution in [3.8, 4) is 6.07 Å². The van der Waals surface area contributed by atoms with Crippen LogP contribution in [0.3, 0.4) is 0 Å². The van der Waals surface area contributed by atoms with Gasteiger partial charge >= 0.3 is 0 Å². The number of amides is 1. The van der Waals surface area contributed by atoms with Crippen LogP contribution < -0.4 is 5.32 Å². The van der Waals surface area contributed by atoms with E-state index in [0.29, 0.717) is 22.9 Å². The SMILES string of the molecule is Cc1cc(SCC(=O)NC(C)C(C)C)n2c(nc3ccccc32)c1C#N. The first-order chi connectivity index (χ1) is 12.4. The number of fused-ring (bicyclic) bond motifs is 3. The number of para-hydroxylation sites is 2. The highest BCUT2D eigenvalue weighted by molar-refractivity contribution is 7.99. The van der Waals surface area contributed by atoms with Crippen LogP contribution in [-0.4, -0.2) is 27.1 Å². The first-order valence-corrected chi connectivity index (χ1v) is 9.64. The predicted molar refractivity (Wildman–Crippen MR) is 105 cm³/mol. The molecule has 1 amide bonds. The second-order valence-electron chi connectivity index (χ2n) is 6.80. The van der Waals surface area contributed by atoms with E-state index >= 15 is 0 Å². The van der Waals surface area contributed by atoms with E-state index in [0.717, 1.165) is 21.6 Å². The lowest BCUT2D eigenvalue weighted by molar-refractivity contribution is -0.119. The Kier molecular flexibility index (Phi) is 5.19. The van der Waals surface area contributed by atoms with Crippen LogP contribution in [0.1, 0.15) is 31.9 Å². The van der Waals surface area contributed by atoms with Crippen molar-refractivity contribution < 1.29 is 4.79 Å². The number of thioether (sulfide) groups is 1. The van der Waals surface area contributed by atoms with E-state index < -0.39 is 0 Å². The molecule has 0 aliphatic heterocycles. The molecule has 3 rings (SSSR count). The van der Waals surface area contributed by atoms with E-state index in [1.807, 2.05) is 48.6 Å². The molecule has 0 saturated carbocycles. The minimum absolute atomic E-state index is 0.00998. The van der Waals surface area contributed by atoms with E-state index in [4.69, 9.17) is 0 Å². The number of nitriles is 1. The molecule has 0 bridgehead atoms. The van der Waals surface area contributed by atoms with Crippen molar-refractivity contribution in [3.63, 3.8) is 0 Å². The Balaban J connectivity index is 1.98. The lowest BCUT2D eigenvalue weighted by Gasteiger charge is -2.17. The third-order valence-electron chi connectivity index (χ3n) is 4.59. The van der Waals surface area contributed by atoms with E-state index in [-0.39, 0.29) is 11.9 Å². The highest BCUT2D eigenvalue weighted by Gasteiger charge is 2.17. The maximum absolute atomic E-state index is 12.3. The van der Waals surface area contributed by atoms with Crippen molar-refractivity contribution in [1.82, 2.24) is 14.7 Å². The lowest BCUT2D eigenvalue weighted by atomic mass is 10.1. The fourth-order valence-corrected chi connectivity index (χ4v) is 3.70. The number of hydrogen-bond donors (Lipinski definition) is 1. The molecule has 134 valence electrons. The normalized spacial score (nSPS) is 12.5. The quantitative estimate of drug-likeness (QED) is 0.695. The van der Waals surface area contributed by atoms with Crippen LogP contribution in [-0.2, 0) is 4.79 Å². The maximum atomic E-state index is 12.3. The molecule has 26 heavy (non-hydrogen) atoms. The molecule has 0 radical (unpaired) electrons. The van der Waals surface area contributed by atoms with E-state index in [1.54, 1.807) is 0 Å². The summed E-state index contributed by atoms with van der Waals surface area (Å²) in [5.41, 5.74) is 3.87. The van der Waals surface area contributed by atoms with Crippen LogP contribution >= 0.6 is 11.8 Å². The van der Waals surface area contributed by atoms with Crippen molar-refractivity contribution in [2.24, 2.45) is 5.92 Å². The van der Waals surface area contributed by atoms with Gasteiger partial charge in [-0.25, -0.2) is 4.98 Å². The molecule has 0 saturated heterocycles. The summed E-state index contributed by atoms with van der Waals surface area (Å²) in [4.78, 5) is 16.9. The summed E-state index contributed by atoms with van der Waals surface area (Å²) in [6, 6.07) is 12.2. The van der Waals surface area contributed by atoms with Gasteiger partial charge in [-0.1, -0.05) is 37.7 Å². The van der Waals surface area contributed by atoms with Crippen LogP contribution in [0, 0.1) is 24.2 Å². The second kappa shape index (κ2) is 7.38. The Bertz CT molecular complexity index is 1020. The van der Waals surface area contributed by atoms with Crippen molar-refractivity contribution in [3.05, 3.63) is 41.5 Å². The van der Waals surface area contributed by atoms with Gasteiger partial charge in [-0.3, -0.25) is 9.20 Å². The van der Waals surface area contributed by atoms with Crippen LogP contribution in [0.4, 0.5) is 0 Å². The van der Waals surface area contributed by atoms with Gasteiger partial charge in [0.25, 0.3) is 0 Å². The zero-order valence-corrected chi connectivity index (χ0v) is 16.2. The minimum atomic E-state index is 0.00998. The molecular weight excluding hydrogens is 344 g/mol. The Morgan fingerprint density at radius 2 is 2.08 bits per heavy atom. The number of aryl methyl sites for hydroxylation is 1. The Morgan fingerprint density at radius 1 is 1.35 bits per heavy atom. The third-order valence-corrected chi connectivity index (χ3v) is 5.59. The molecule has 1 aromatic carbocycles. The maximum Gasteiger partial charge on any atom is 0.230 e. The van der Waals surface area contributed by atoms with Gasteiger partial charge in [0.1, 0.15) is 6.07 Å². The number of nitrogens with one attached hydrogen (secondary N) is 1. The van der Waals surface area contributed by atoms with Gasteiger partial charge in [-0.05, 0) is 43.5 Å². The van der Waals surface area contributed by atoms with Gasteiger partial charge in [-0.15, -0.1) is 0 Å². The topological polar surface area (TPSA) is 70.2 Å². The molecular formula is C20H22N4OS. The van der Waals surface area contributed by atoms with E-state index in [1.165, 1.54) is 11.8 Å². The number of carbonyl (C=O) groups is 1. The number of imidazole rings is 1. The summed E-state index contributed by atoms with van der Waals surface area (Å²) in [6.07, 6.45) is 0. The van der Waals surface area contributed by atoms with Crippen molar-refractivity contribution >= 4 is 34.3 Å². The third kappa shape index (κ3) is 3.40. The highest BCUT2D eigenvalue weighted by Crippen LogP contribution is 2.29. The summed E-state index contributed by atoms with van der Waals surface area (Å²) < 4.78 is 1.98. The number of aromatic nitrogens is 2. The van der Waals surface area contributed by atoms with Gasteiger partial charge < -0.3 is 5.32 Å². The fraction of sp³-hybridized carbons (Fsp3) is 0.350. The molecule has 5 nitrogen and oxygen atoms in total. The van der Waals surface area contributed by atoms with Gasteiger partial charge in [0.15, 0.2) is 5.65 Å². The first-order valence-electron chi connectivity index (χ1n) is 8.65. The number of benzene rings is 1. The molecule has 2 aromatic heterocycles. The number of rotatable bonds is 5. The van der Waals surface area contributed by atoms with Gasteiger partial charge in [-0.2, -0.15) is 5.26 Å². The molecule has 0 fully saturated rings. The molecule has 0 aliphatic rings. The summed E-state index contributed by atoms with van der Waals surface area (Å²) in [6.45, 7) is 8.09. The number of hydrogen-bond acceptors (Lipinski definition) is 4. The molecule has 1 N–H and O–H groups in total. The van der Waals surface area contributed by atoms with Crippen LogP contribution in [0.25, 0.3) is 16.7 Å². The Morgan fingerprint density at radius 3 is 2.77 bits per heavy atom. The fourth-order valence-electron chi connectivity index (χ4n) is 2.76.